The van der Waals surface area contributed by atoms with E-state index in [0.29, 0.717) is 36.3 Å². The van der Waals surface area contributed by atoms with Crippen molar-refractivity contribution in [1.82, 2.24) is 19.8 Å². The van der Waals surface area contributed by atoms with Gasteiger partial charge in [-0.2, -0.15) is 9.29 Å². The Labute approximate surface area is 183 Å². The van der Waals surface area contributed by atoms with Crippen LogP contribution >= 0.6 is 0 Å². The fraction of sp³-hybridized carbons (Fsp3) is 0.591. The van der Waals surface area contributed by atoms with E-state index in [1.165, 1.54) is 12.1 Å². The first-order valence-electron chi connectivity index (χ1n) is 11.1. The molecule has 0 spiro atoms. The summed E-state index contributed by atoms with van der Waals surface area (Å²) in [6, 6.07) is 5.73. The third kappa shape index (κ3) is 4.98. The maximum Gasteiger partial charge on any atom is 0.251 e. The van der Waals surface area contributed by atoms with E-state index in [1.54, 1.807) is 16.4 Å². The van der Waals surface area contributed by atoms with E-state index in [2.05, 4.69) is 15.5 Å². The minimum atomic E-state index is -3.54. The second-order valence-electron chi connectivity index (χ2n) is 8.80. The zero-order valence-corrected chi connectivity index (χ0v) is 18.9. The number of carbonyl (C=O) groups is 1. The average Bonchev–Trinajstić information content (AvgIpc) is 3.55. The average molecular weight is 447 g/mol. The molecule has 1 N–H and O–H groups in total. The maximum absolute atomic E-state index is 12.9. The Kier molecular flexibility index (Phi) is 6.43. The van der Waals surface area contributed by atoms with Gasteiger partial charge in [0.05, 0.1) is 4.90 Å². The first-order valence-corrected chi connectivity index (χ1v) is 12.5. The molecule has 31 heavy (non-hydrogen) atoms. The van der Waals surface area contributed by atoms with Gasteiger partial charge in [-0.05, 0) is 55.9 Å². The third-order valence-electron chi connectivity index (χ3n) is 5.94. The van der Waals surface area contributed by atoms with Gasteiger partial charge in [0.25, 0.3) is 5.91 Å². The molecule has 1 unspecified atom stereocenters. The summed E-state index contributed by atoms with van der Waals surface area (Å²) in [7, 11) is -3.54. The lowest BCUT2D eigenvalue weighted by molar-refractivity contribution is 0.0914. The van der Waals surface area contributed by atoms with Crippen LogP contribution in [0.4, 0.5) is 0 Å². The second kappa shape index (κ2) is 9.08. The number of carbonyl (C=O) groups excluding carboxylic acids is 1. The van der Waals surface area contributed by atoms with Crippen molar-refractivity contribution in [3.05, 3.63) is 41.5 Å². The van der Waals surface area contributed by atoms with Crippen LogP contribution in [0, 0.1) is 5.92 Å². The van der Waals surface area contributed by atoms with Crippen molar-refractivity contribution in [2.24, 2.45) is 5.92 Å². The molecule has 168 valence electrons. The Morgan fingerprint density at radius 2 is 1.74 bits per heavy atom. The molecule has 1 amide bonds. The molecule has 4 rings (SSSR count). The van der Waals surface area contributed by atoms with Gasteiger partial charge in [0, 0.05) is 24.6 Å². The Morgan fingerprint density at radius 1 is 1.10 bits per heavy atom. The smallest absolute Gasteiger partial charge is 0.251 e. The normalized spacial score (nSPS) is 19.2. The van der Waals surface area contributed by atoms with Gasteiger partial charge in [-0.25, -0.2) is 8.42 Å². The van der Waals surface area contributed by atoms with Crippen LogP contribution in [-0.4, -0.2) is 41.9 Å². The van der Waals surface area contributed by atoms with Gasteiger partial charge < -0.3 is 9.84 Å². The second-order valence-corrected chi connectivity index (χ2v) is 10.7. The molecule has 2 heterocycles. The molecule has 1 aromatic carbocycles. The van der Waals surface area contributed by atoms with E-state index in [9.17, 15) is 13.2 Å². The van der Waals surface area contributed by atoms with Gasteiger partial charge in [-0.15, -0.1) is 0 Å². The largest absolute Gasteiger partial charge is 0.340 e. The molecule has 0 bridgehead atoms. The van der Waals surface area contributed by atoms with Crippen molar-refractivity contribution in [3.8, 4) is 0 Å². The van der Waals surface area contributed by atoms with E-state index in [4.69, 9.17) is 4.52 Å². The standard InChI is InChI=1S/C22H30N4O4S/c1-15(2)19(22-24-20(25-30-22)16-7-8-16)23-21(27)17-9-11-18(12-10-17)31(28,29)26-13-5-3-4-6-14-26/h9-12,15-16,19H,3-8,13-14H2,1-2H3,(H,23,27). The molecular weight excluding hydrogens is 416 g/mol. The highest BCUT2D eigenvalue weighted by Gasteiger charge is 2.32. The molecule has 2 aromatic rings. The number of benzene rings is 1. The van der Waals surface area contributed by atoms with E-state index in [1.807, 2.05) is 13.8 Å². The fourth-order valence-electron chi connectivity index (χ4n) is 3.83. The highest BCUT2D eigenvalue weighted by molar-refractivity contribution is 7.89. The Hall–Kier alpha value is -2.26. The minimum absolute atomic E-state index is 0.0548. The van der Waals surface area contributed by atoms with Gasteiger partial charge in [-0.1, -0.05) is 31.8 Å². The number of hydrogen-bond donors (Lipinski definition) is 1. The quantitative estimate of drug-likeness (QED) is 0.696. The van der Waals surface area contributed by atoms with Gasteiger partial charge in [0.2, 0.25) is 15.9 Å². The number of nitrogens with zero attached hydrogens (tertiary/aromatic N) is 3. The number of hydrogen-bond acceptors (Lipinski definition) is 6. The highest BCUT2D eigenvalue weighted by Crippen LogP contribution is 2.38. The lowest BCUT2D eigenvalue weighted by Crippen LogP contribution is -2.33. The number of rotatable bonds is 7. The summed E-state index contributed by atoms with van der Waals surface area (Å²) in [5.74, 6) is 1.24. The van der Waals surface area contributed by atoms with E-state index < -0.39 is 16.1 Å². The molecule has 2 aliphatic rings. The van der Waals surface area contributed by atoms with Gasteiger partial charge in [0.15, 0.2) is 5.82 Å². The molecule has 9 heteroatoms. The van der Waals surface area contributed by atoms with Crippen LogP contribution in [0.25, 0.3) is 0 Å². The summed E-state index contributed by atoms with van der Waals surface area (Å²) in [6.07, 6.45) is 6.03. The van der Waals surface area contributed by atoms with Crippen LogP contribution in [0.5, 0.6) is 0 Å². The van der Waals surface area contributed by atoms with Crippen LogP contribution in [0.15, 0.2) is 33.7 Å². The summed E-state index contributed by atoms with van der Waals surface area (Å²) in [5.41, 5.74) is 0.391. The van der Waals surface area contributed by atoms with Crippen molar-refractivity contribution in [2.45, 2.75) is 69.2 Å². The third-order valence-corrected chi connectivity index (χ3v) is 7.85. The van der Waals surface area contributed by atoms with Crippen LogP contribution in [0.3, 0.4) is 0 Å². The predicted octanol–water partition coefficient (Wildman–Crippen LogP) is 3.64. The van der Waals surface area contributed by atoms with Crippen molar-refractivity contribution in [2.75, 3.05) is 13.1 Å². The first kappa shape index (κ1) is 22.0. The SMILES string of the molecule is CC(C)C(NC(=O)c1ccc(S(=O)(=O)N2CCCCCC2)cc1)c1nc(C2CC2)no1. The lowest BCUT2D eigenvalue weighted by Gasteiger charge is -2.20. The molecule has 1 aromatic heterocycles. The van der Waals surface area contributed by atoms with Gasteiger partial charge >= 0.3 is 0 Å². The molecule has 8 nitrogen and oxygen atoms in total. The van der Waals surface area contributed by atoms with Crippen molar-refractivity contribution in [3.63, 3.8) is 0 Å². The van der Waals surface area contributed by atoms with Crippen molar-refractivity contribution < 1.29 is 17.7 Å². The number of amides is 1. The molecule has 1 atom stereocenters. The zero-order valence-electron chi connectivity index (χ0n) is 18.1. The lowest BCUT2D eigenvalue weighted by atomic mass is 10.0. The van der Waals surface area contributed by atoms with Crippen LogP contribution in [0.1, 0.15) is 86.4 Å². The summed E-state index contributed by atoms with van der Waals surface area (Å²) in [5, 5.41) is 7.00. The Morgan fingerprint density at radius 3 is 2.32 bits per heavy atom. The molecule has 1 aliphatic heterocycles. The fourth-order valence-corrected chi connectivity index (χ4v) is 5.35. The van der Waals surface area contributed by atoms with Crippen LogP contribution in [0.2, 0.25) is 0 Å². The van der Waals surface area contributed by atoms with Gasteiger partial charge in [-0.3, -0.25) is 4.79 Å². The summed E-state index contributed by atoms with van der Waals surface area (Å²) in [4.78, 5) is 17.5. The van der Waals surface area contributed by atoms with Crippen LogP contribution < -0.4 is 5.32 Å². The topological polar surface area (TPSA) is 105 Å². The van der Waals surface area contributed by atoms with Crippen molar-refractivity contribution in [1.29, 1.82) is 0 Å². The molecule has 1 aliphatic carbocycles. The van der Waals surface area contributed by atoms with Crippen molar-refractivity contribution >= 4 is 15.9 Å². The Bertz CT molecular complexity index is 1000. The number of nitrogens with one attached hydrogen (secondary N) is 1. The van der Waals surface area contributed by atoms with E-state index in [0.717, 1.165) is 38.5 Å². The monoisotopic (exact) mass is 446 g/mol. The summed E-state index contributed by atoms with van der Waals surface area (Å²) < 4.78 is 32.8. The molecule has 2 fully saturated rings. The first-order chi connectivity index (χ1) is 14.9. The maximum atomic E-state index is 12.9. The summed E-state index contributed by atoms with van der Waals surface area (Å²) in [6.45, 7) is 5.05. The minimum Gasteiger partial charge on any atom is -0.340 e. The summed E-state index contributed by atoms with van der Waals surface area (Å²) >= 11 is 0. The number of sulfonamides is 1. The van der Waals surface area contributed by atoms with Crippen LogP contribution in [-0.2, 0) is 10.0 Å². The number of aromatic nitrogens is 2. The predicted molar refractivity (Wildman–Crippen MR) is 115 cm³/mol. The van der Waals surface area contributed by atoms with E-state index >= 15 is 0 Å². The molecular formula is C22H30N4O4S. The Balaban J connectivity index is 1.46. The van der Waals surface area contributed by atoms with E-state index in [-0.39, 0.29) is 16.7 Å². The zero-order chi connectivity index (χ0) is 22.0. The van der Waals surface area contributed by atoms with Gasteiger partial charge in [0.1, 0.15) is 6.04 Å². The highest BCUT2D eigenvalue weighted by atomic mass is 32.2. The molecule has 0 radical (unpaired) electrons. The molecule has 1 saturated carbocycles. The molecule has 1 saturated heterocycles.